The van der Waals surface area contributed by atoms with Crippen LogP contribution in [0, 0.1) is 0 Å². The molecule has 0 bridgehead atoms. The largest absolute Gasteiger partial charge is 0.388 e. The van der Waals surface area contributed by atoms with Gasteiger partial charge in [0.05, 0.1) is 5.60 Å². The second kappa shape index (κ2) is 5.47. The number of hydrogen-bond donors (Lipinski definition) is 1. The summed E-state index contributed by atoms with van der Waals surface area (Å²) in [6, 6.07) is 0. The van der Waals surface area contributed by atoms with Gasteiger partial charge in [-0.2, -0.15) is 0 Å². The normalized spacial score (nSPS) is 25.9. The second-order valence-corrected chi connectivity index (χ2v) is 4.36. The van der Waals surface area contributed by atoms with E-state index >= 15 is 0 Å². The summed E-state index contributed by atoms with van der Waals surface area (Å²) in [5.74, 6) is 0.132. The van der Waals surface area contributed by atoms with Gasteiger partial charge >= 0.3 is 0 Å². The highest BCUT2D eigenvalue weighted by Gasteiger charge is 2.33. The highest BCUT2D eigenvalue weighted by atomic mass is 16.5. The van der Waals surface area contributed by atoms with E-state index in [9.17, 15) is 9.90 Å². The molecule has 0 aromatic carbocycles. The number of aliphatic hydroxyl groups is 1. The molecule has 1 N–H and O–H groups in total. The van der Waals surface area contributed by atoms with Crippen molar-refractivity contribution in [3.05, 3.63) is 0 Å². The van der Waals surface area contributed by atoms with Crippen molar-refractivity contribution in [1.29, 1.82) is 0 Å². The molecular formula is C11H21NO3. The summed E-state index contributed by atoms with van der Waals surface area (Å²) < 4.78 is 5.17. The van der Waals surface area contributed by atoms with Crippen LogP contribution in [0.1, 0.15) is 33.1 Å². The van der Waals surface area contributed by atoms with Crippen LogP contribution in [0.3, 0.4) is 0 Å². The molecule has 1 fully saturated rings. The minimum atomic E-state index is -0.685. The number of carbonyl (C=O) groups excluding carboxylic acids is 1. The first-order chi connectivity index (χ1) is 7.05. The summed E-state index contributed by atoms with van der Waals surface area (Å²) in [5.41, 5.74) is -0.685. The van der Waals surface area contributed by atoms with Crippen LogP contribution in [0.5, 0.6) is 0 Å². The number of hydrogen-bond acceptors (Lipinski definition) is 3. The van der Waals surface area contributed by atoms with Crippen LogP contribution in [0.4, 0.5) is 0 Å². The fraction of sp³-hybridized carbons (Fsp3) is 0.909. The highest BCUT2D eigenvalue weighted by Crippen LogP contribution is 2.20. The van der Waals surface area contributed by atoms with Gasteiger partial charge in [0, 0.05) is 32.7 Å². The maximum absolute atomic E-state index is 11.7. The maximum atomic E-state index is 11.7. The lowest BCUT2D eigenvalue weighted by atomic mass is 10.1. The third-order valence-corrected chi connectivity index (χ3v) is 2.69. The number of amides is 1. The molecule has 88 valence electrons. The summed E-state index contributed by atoms with van der Waals surface area (Å²) in [5, 5.41) is 9.70. The number of carbonyl (C=O) groups is 1. The molecule has 1 saturated heterocycles. The van der Waals surface area contributed by atoms with Crippen molar-refractivity contribution in [2.75, 3.05) is 26.3 Å². The van der Waals surface area contributed by atoms with Crippen molar-refractivity contribution >= 4 is 5.91 Å². The molecule has 1 atom stereocenters. The zero-order chi connectivity index (χ0) is 11.3. The average Bonchev–Trinajstić information content (AvgIpc) is 2.53. The molecule has 1 rings (SSSR count). The van der Waals surface area contributed by atoms with Gasteiger partial charge in [-0.1, -0.05) is 0 Å². The van der Waals surface area contributed by atoms with Crippen molar-refractivity contribution in [1.82, 2.24) is 4.90 Å². The molecule has 0 radical (unpaired) electrons. The average molecular weight is 215 g/mol. The van der Waals surface area contributed by atoms with E-state index in [1.54, 1.807) is 11.8 Å². The highest BCUT2D eigenvalue weighted by molar-refractivity contribution is 5.76. The van der Waals surface area contributed by atoms with Crippen LogP contribution in [0.25, 0.3) is 0 Å². The number of β-amino-alcohol motifs (C(OH)–C–C–N with tert-alkyl or cyclic N) is 1. The maximum Gasteiger partial charge on any atom is 0.222 e. The lowest BCUT2D eigenvalue weighted by Gasteiger charge is -2.18. The van der Waals surface area contributed by atoms with Crippen LogP contribution in [-0.4, -0.2) is 47.8 Å². The van der Waals surface area contributed by atoms with Crippen LogP contribution in [0.2, 0.25) is 0 Å². The molecule has 15 heavy (non-hydrogen) atoms. The summed E-state index contributed by atoms with van der Waals surface area (Å²) in [6.07, 6.45) is 1.98. The fourth-order valence-electron chi connectivity index (χ4n) is 1.79. The van der Waals surface area contributed by atoms with Gasteiger partial charge in [-0.15, -0.1) is 0 Å². The zero-order valence-electron chi connectivity index (χ0n) is 9.66. The van der Waals surface area contributed by atoms with Gasteiger partial charge in [-0.25, -0.2) is 0 Å². The Morgan fingerprint density at radius 3 is 2.87 bits per heavy atom. The fourth-order valence-corrected chi connectivity index (χ4v) is 1.79. The first-order valence-electron chi connectivity index (χ1n) is 5.63. The Labute approximate surface area is 91.2 Å². The van der Waals surface area contributed by atoms with E-state index < -0.39 is 5.60 Å². The molecule has 1 unspecified atom stereocenters. The van der Waals surface area contributed by atoms with E-state index in [4.69, 9.17) is 4.74 Å². The van der Waals surface area contributed by atoms with Gasteiger partial charge in [-0.05, 0) is 26.7 Å². The van der Waals surface area contributed by atoms with Crippen LogP contribution >= 0.6 is 0 Å². The molecule has 4 nitrogen and oxygen atoms in total. The predicted octanol–water partition coefficient (Wildman–Crippen LogP) is 0.786. The molecule has 0 saturated carbocycles. The zero-order valence-corrected chi connectivity index (χ0v) is 9.66. The quantitative estimate of drug-likeness (QED) is 0.690. The van der Waals surface area contributed by atoms with Crippen molar-refractivity contribution in [3.8, 4) is 0 Å². The van der Waals surface area contributed by atoms with Crippen molar-refractivity contribution in [3.63, 3.8) is 0 Å². The van der Waals surface area contributed by atoms with E-state index in [0.29, 0.717) is 39.1 Å². The summed E-state index contributed by atoms with van der Waals surface area (Å²) >= 11 is 0. The van der Waals surface area contributed by atoms with E-state index in [2.05, 4.69) is 0 Å². The third-order valence-electron chi connectivity index (χ3n) is 2.69. The molecular weight excluding hydrogens is 194 g/mol. The summed E-state index contributed by atoms with van der Waals surface area (Å²) in [6.45, 7) is 6.22. The molecule has 1 aliphatic rings. The molecule has 4 heteroatoms. The summed E-state index contributed by atoms with van der Waals surface area (Å²) in [4.78, 5) is 13.4. The Morgan fingerprint density at radius 1 is 1.60 bits per heavy atom. The molecule has 0 aliphatic carbocycles. The first-order valence-corrected chi connectivity index (χ1v) is 5.63. The number of ether oxygens (including phenoxy) is 1. The predicted molar refractivity (Wildman–Crippen MR) is 57.5 cm³/mol. The molecule has 0 aromatic rings. The summed E-state index contributed by atoms with van der Waals surface area (Å²) in [7, 11) is 0. The Hall–Kier alpha value is -0.610. The standard InChI is InChI=1S/C11H21NO3/c1-3-15-8-4-5-10(13)12-7-6-11(2,14)9-12/h14H,3-9H2,1-2H3. The SMILES string of the molecule is CCOCCCC(=O)N1CCC(C)(O)C1. The van der Waals surface area contributed by atoms with Crippen molar-refractivity contribution in [2.45, 2.75) is 38.7 Å². The molecule has 1 aliphatic heterocycles. The van der Waals surface area contributed by atoms with Gasteiger partial charge in [0.25, 0.3) is 0 Å². The molecule has 0 spiro atoms. The lowest BCUT2D eigenvalue weighted by Crippen LogP contribution is -2.33. The molecule has 0 aromatic heterocycles. The number of likely N-dealkylation sites (tertiary alicyclic amines) is 1. The van der Waals surface area contributed by atoms with Gasteiger partial charge < -0.3 is 14.7 Å². The van der Waals surface area contributed by atoms with Gasteiger partial charge in [0.1, 0.15) is 0 Å². The van der Waals surface area contributed by atoms with Crippen LogP contribution in [-0.2, 0) is 9.53 Å². The molecule has 1 amide bonds. The Bertz CT molecular complexity index is 216. The lowest BCUT2D eigenvalue weighted by molar-refractivity contribution is -0.131. The van der Waals surface area contributed by atoms with E-state index in [0.717, 1.165) is 6.42 Å². The van der Waals surface area contributed by atoms with Crippen molar-refractivity contribution in [2.24, 2.45) is 0 Å². The monoisotopic (exact) mass is 215 g/mol. The Kier molecular flexibility index (Phi) is 4.54. The number of rotatable bonds is 5. The van der Waals surface area contributed by atoms with Gasteiger partial charge in [-0.3, -0.25) is 4.79 Å². The topological polar surface area (TPSA) is 49.8 Å². The molecule has 1 heterocycles. The Balaban J connectivity index is 2.18. The third kappa shape index (κ3) is 4.18. The Morgan fingerprint density at radius 2 is 2.33 bits per heavy atom. The van der Waals surface area contributed by atoms with Gasteiger partial charge in [0.15, 0.2) is 0 Å². The first kappa shape index (κ1) is 12.5. The minimum absolute atomic E-state index is 0.132. The van der Waals surface area contributed by atoms with E-state index in [1.165, 1.54) is 0 Å². The smallest absolute Gasteiger partial charge is 0.222 e. The minimum Gasteiger partial charge on any atom is -0.388 e. The van der Waals surface area contributed by atoms with Crippen LogP contribution in [0.15, 0.2) is 0 Å². The van der Waals surface area contributed by atoms with E-state index in [1.807, 2.05) is 6.92 Å². The van der Waals surface area contributed by atoms with Crippen molar-refractivity contribution < 1.29 is 14.6 Å². The van der Waals surface area contributed by atoms with Crippen LogP contribution < -0.4 is 0 Å². The second-order valence-electron chi connectivity index (χ2n) is 4.36. The van der Waals surface area contributed by atoms with Gasteiger partial charge in [0.2, 0.25) is 5.91 Å². The van der Waals surface area contributed by atoms with E-state index in [-0.39, 0.29) is 5.91 Å². The number of nitrogens with zero attached hydrogens (tertiary/aromatic N) is 1.